The highest BCUT2D eigenvalue weighted by Gasteiger charge is 2.24. The van der Waals surface area contributed by atoms with Crippen molar-refractivity contribution in [2.45, 2.75) is 70.5 Å². The van der Waals surface area contributed by atoms with Crippen molar-refractivity contribution >= 4 is 0 Å². The standard InChI is InChI=1S/C18H33NO2/c1-2-16-10-6-7-11-18(16)21-14-17(20)13-19-12-15-8-4-3-5-9-15/h3-4,15-20H,2,5-14H2,1H3. The Kier molecular flexibility index (Phi) is 7.76. The van der Waals surface area contributed by atoms with E-state index in [2.05, 4.69) is 24.4 Å². The summed E-state index contributed by atoms with van der Waals surface area (Å²) < 4.78 is 5.99. The maximum Gasteiger partial charge on any atom is 0.0897 e. The van der Waals surface area contributed by atoms with Crippen LogP contribution in [0.2, 0.25) is 0 Å². The van der Waals surface area contributed by atoms with Crippen molar-refractivity contribution in [2.75, 3.05) is 19.7 Å². The molecule has 2 aliphatic rings. The van der Waals surface area contributed by atoms with Crippen LogP contribution in [-0.2, 0) is 4.74 Å². The van der Waals surface area contributed by atoms with Crippen LogP contribution in [0.5, 0.6) is 0 Å². The molecule has 0 radical (unpaired) electrons. The van der Waals surface area contributed by atoms with E-state index in [0.717, 1.165) is 12.5 Å². The maximum atomic E-state index is 10.1. The van der Waals surface area contributed by atoms with E-state index in [4.69, 9.17) is 4.74 Å². The summed E-state index contributed by atoms with van der Waals surface area (Å²) in [5.41, 5.74) is 0. The largest absolute Gasteiger partial charge is 0.389 e. The maximum absolute atomic E-state index is 10.1. The lowest BCUT2D eigenvalue weighted by atomic mass is 9.85. The molecule has 0 aliphatic heterocycles. The first-order chi connectivity index (χ1) is 10.3. The molecule has 0 saturated heterocycles. The number of nitrogens with one attached hydrogen (secondary N) is 1. The molecule has 3 nitrogen and oxygen atoms in total. The van der Waals surface area contributed by atoms with Gasteiger partial charge >= 0.3 is 0 Å². The predicted octanol–water partition coefficient (Wildman–Crippen LogP) is 3.28. The molecular formula is C18H33NO2. The van der Waals surface area contributed by atoms with Crippen molar-refractivity contribution in [3.8, 4) is 0 Å². The summed E-state index contributed by atoms with van der Waals surface area (Å²) in [6, 6.07) is 0. The Bertz CT molecular complexity index is 306. The molecule has 0 aromatic heterocycles. The molecule has 0 spiro atoms. The van der Waals surface area contributed by atoms with E-state index in [9.17, 15) is 5.11 Å². The molecule has 21 heavy (non-hydrogen) atoms. The van der Waals surface area contributed by atoms with Crippen molar-refractivity contribution in [3.05, 3.63) is 12.2 Å². The van der Waals surface area contributed by atoms with Gasteiger partial charge in [-0.05, 0) is 50.5 Å². The molecule has 3 heteroatoms. The van der Waals surface area contributed by atoms with Crippen LogP contribution in [0.4, 0.5) is 0 Å². The fourth-order valence-corrected chi connectivity index (χ4v) is 3.65. The van der Waals surface area contributed by atoms with Crippen LogP contribution >= 0.6 is 0 Å². The third kappa shape index (κ3) is 6.09. The van der Waals surface area contributed by atoms with Gasteiger partial charge in [0.15, 0.2) is 0 Å². The molecule has 1 saturated carbocycles. The van der Waals surface area contributed by atoms with Gasteiger partial charge in [0.1, 0.15) is 0 Å². The first-order valence-electron chi connectivity index (χ1n) is 8.95. The Morgan fingerprint density at radius 3 is 2.86 bits per heavy atom. The Labute approximate surface area is 130 Å². The zero-order valence-corrected chi connectivity index (χ0v) is 13.6. The van der Waals surface area contributed by atoms with Gasteiger partial charge in [-0.15, -0.1) is 0 Å². The van der Waals surface area contributed by atoms with Gasteiger partial charge in [-0.1, -0.05) is 38.3 Å². The van der Waals surface area contributed by atoms with E-state index in [-0.39, 0.29) is 6.10 Å². The molecule has 4 unspecified atom stereocenters. The third-order valence-electron chi connectivity index (χ3n) is 5.06. The molecule has 0 aromatic carbocycles. The highest BCUT2D eigenvalue weighted by Crippen LogP contribution is 2.29. The Morgan fingerprint density at radius 1 is 1.24 bits per heavy atom. The lowest BCUT2D eigenvalue weighted by Crippen LogP contribution is -2.36. The van der Waals surface area contributed by atoms with Crippen LogP contribution in [0.25, 0.3) is 0 Å². The monoisotopic (exact) mass is 295 g/mol. The molecule has 122 valence electrons. The topological polar surface area (TPSA) is 41.5 Å². The number of hydrogen-bond donors (Lipinski definition) is 2. The molecule has 0 amide bonds. The van der Waals surface area contributed by atoms with Gasteiger partial charge in [-0.3, -0.25) is 0 Å². The normalized spacial score (nSPS) is 31.2. The van der Waals surface area contributed by atoms with Gasteiger partial charge in [0.05, 0.1) is 18.8 Å². The van der Waals surface area contributed by atoms with Gasteiger partial charge in [-0.25, -0.2) is 0 Å². The molecule has 4 atom stereocenters. The van der Waals surface area contributed by atoms with Crippen LogP contribution in [-0.4, -0.2) is 37.0 Å². The number of hydrogen-bond acceptors (Lipinski definition) is 3. The summed E-state index contributed by atoms with van der Waals surface area (Å²) in [5, 5.41) is 13.5. The summed E-state index contributed by atoms with van der Waals surface area (Å²) in [7, 11) is 0. The van der Waals surface area contributed by atoms with Crippen molar-refractivity contribution in [1.29, 1.82) is 0 Å². The summed E-state index contributed by atoms with van der Waals surface area (Å²) in [6.45, 7) is 4.41. The third-order valence-corrected chi connectivity index (χ3v) is 5.06. The molecule has 2 N–H and O–H groups in total. The summed E-state index contributed by atoms with van der Waals surface area (Å²) >= 11 is 0. The van der Waals surface area contributed by atoms with E-state index >= 15 is 0 Å². The van der Waals surface area contributed by atoms with E-state index in [1.54, 1.807) is 0 Å². The number of rotatable bonds is 8. The first-order valence-corrected chi connectivity index (χ1v) is 8.95. The van der Waals surface area contributed by atoms with Crippen LogP contribution in [0, 0.1) is 11.8 Å². The number of aliphatic hydroxyl groups excluding tert-OH is 1. The lowest BCUT2D eigenvalue weighted by molar-refractivity contribution is -0.0500. The first kappa shape index (κ1) is 17.0. The highest BCUT2D eigenvalue weighted by molar-refractivity contribution is 4.90. The second-order valence-electron chi connectivity index (χ2n) is 6.79. The summed E-state index contributed by atoms with van der Waals surface area (Å²) in [5.74, 6) is 1.44. The van der Waals surface area contributed by atoms with Crippen molar-refractivity contribution in [2.24, 2.45) is 11.8 Å². The lowest BCUT2D eigenvalue weighted by Gasteiger charge is -2.31. The number of ether oxygens (including phenoxy) is 1. The smallest absolute Gasteiger partial charge is 0.0897 e. The van der Waals surface area contributed by atoms with E-state index in [1.165, 1.54) is 51.4 Å². The second-order valence-corrected chi connectivity index (χ2v) is 6.79. The van der Waals surface area contributed by atoms with Gasteiger partial charge in [0, 0.05) is 6.54 Å². The molecule has 2 aliphatic carbocycles. The predicted molar refractivity (Wildman–Crippen MR) is 87.3 cm³/mol. The Balaban J connectivity index is 1.56. The van der Waals surface area contributed by atoms with Crippen LogP contribution < -0.4 is 5.32 Å². The van der Waals surface area contributed by atoms with Gasteiger partial charge < -0.3 is 15.2 Å². The van der Waals surface area contributed by atoms with Gasteiger partial charge in [-0.2, -0.15) is 0 Å². The molecule has 1 fully saturated rings. The minimum atomic E-state index is -0.372. The molecular weight excluding hydrogens is 262 g/mol. The van der Waals surface area contributed by atoms with E-state index in [1.807, 2.05) is 0 Å². The number of allylic oxidation sites excluding steroid dienone is 2. The Morgan fingerprint density at radius 2 is 2.10 bits per heavy atom. The average molecular weight is 295 g/mol. The quantitative estimate of drug-likeness (QED) is 0.675. The van der Waals surface area contributed by atoms with Crippen LogP contribution in [0.15, 0.2) is 12.2 Å². The Hall–Kier alpha value is -0.380. The number of aliphatic hydroxyl groups is 1. The van der Waals surface area contributed by atoms with Crippen molar-refractivity contribution in [3.63, 3.8) is 0 Å². The van der Waals surface area contributed by atoms with Gasteiger partial charge in [0.25, 0.3) is 0 Å². The minimum absolute atomic E-state index is 0.372. The zero-order chi connectivity index (χ0) is 14.9. The fourth-order valence-electron chi connectivity index (χ4n) is 3.65. The molecule has 0 heterocycles. The average Bonchev–Trinajstić information content (AvgIpc) is 2.54. The summed E-state index contributed by atoms with van der Waals surface area (Å²) in [6.07, 6.45) is 14.5. The fraction of sp³-hybridized carbons (Fsp3) is 0.889. The molecule has 2 rings (SSSR count). The van der Waals surface area contributed by atoms with E-state index < -0.39 is 0 Å². The van der Waals surface area contributed by atoms with Crippen LogP contribution in [0.1, 0.15) is 58.3 Å². The van der Waals surface area contributed by atoms with Gasteiger partial charge in [0.2, 0.25) is 0 Å². The molecule has 0 aromatic rings. The van der Waals surface area contributed by atoms with Crippen molar-refractivity contribution < 1.29 is 9.84 Å². The summed E-state index contributed by atoms with van der Waals surface area (Å²) in [4.78, 5) is 0. The molecule has 0 bridgehead atoms. The SMILES string of the molecule is CCC1CCCCC1OCC(O)CNCC1CC=CCC1. The zero-order valence-electron chi connectivity index (χ0n) is 13.6. The van der Waals surface area contributed by atoms with Crippen LogP contribution in [0.3, 0.4) is 0 Å². The highest BCUT2D eigenvalue weighted by atomic mass is 16.5. The van der Waals surface area contributed by atoms with Crippen molar-refractivity contribution in [1.82, 2.24) is 5.32 Å². The minimum Gasteiger partial charge on any atom is -0.389 e. The van der Waals surface area contributed by atoms with E-state index in [0.29, 0.717) is 25.2 Å². The second kappa shape index (κ2) is 9.60.